The Hall–Kier alpha value is -1.43. The van der Waals surface area contributed by atoms with Crippen LogP contribution in [0, 0.1) is 0 Å². The number of ether oxygens (including phenoxy) is 2. The predicted molar refractivity (Wildman–Crippen MR) is 93.7 cm³/mol. The highest BCUT2D eigenvalue weighted by atomic mass is 17.1. The molecule has 2 heterocycles. The van der Waals surface area contributed by atoms with E-state index in [1.165, 1.54) is 5.57 Å². The molecule has 5 nitrogen and oxygen atoms in total. The van der Waals surface area contributed by atoms with Crippen LogP contribution < -0.4 is 0 Å². The van der Waals surface area contributed by atoms with Crippen molar-refractivity contribution in [3.05, 3.63) is 34.4 Å². The Balaban J connectivity index is 1.91. The SMILES string of the molecule is CC1=C2CC/C(C)=C/CCC3(C)O[C@H]3CC/C(C)=C/C2(OO)OC1=O. The van der Waals surface area contributed by atoms with Crippen LogP contribution in [0.4, 0.5) is 0 Å². The molecule has 3 aliphatic rings. The van der Waals surface area contributed by atoms with Crippen molar-refractivity contribution < 1.29 is 24.4 Å². The van der Waals surface area contributed by atoms with Crippen molar-refractivity contribution in [2.45, 2.75) is 83.7 Å². The van der Waals surface area contributed by atoms with Crippen molar-refractivity contribution in [2.24, 2.45) is 0 Å². The van der Waals surface area contributed by atoms with Crippen LogP contribution in [0.3, 0.4) is 0 Å². The molecule has 0 spiro atoms. The lowest BCUT2D eigenvalue weighted by molar-refractivity contribution is -0.355. The molecule has 138 valence electrons. The molecular formula is C20H28O5. The van der Waals surface area contributed by atoms with Gasteiger partial charge in [-0.15, -0.1) is 0 Å². The highest BCUT2D eigenvalue weighted by Gasteiger charge is 2.51. The summed E-state index contributed by atoms with van der Waals surface area (Å²) in [6.07, 6.45) is 9.39. The highest BCUT2D eigenvalue weighted by molar-refractivity contribution is 5.92. The number of carbonyl (C=O) groups is 1. The molecule has 1 N–H and O–H groups in total. The Kier molecular flexibility index (Phi) is 4.93. The Labute approximate surface area is 149 Å². The number of fused-ring (bicyclic) bond motifs is 2. The van der Waals surface area contributed by atoms with Gasteiger partial charge >= 0.3 is 5.97 Å². The summed E-state index contributed by atoms with van der Waals surface area (Å²) in [7, 11) is 0. The van der Waals surface area contributed by atoms with Crippen molar-refractivity contribution in [2.75, 3.05) is 0 Å². The standard InChI is InChI=1S/C20H28O5/c1-13-6-5-11-19(4)17(23-19)10-8-14(2)12-20(25-22)16(9-7-13)15(3)18(21)24-20/h6,12,17,22H,5,7-11H2,1-4H3/b13-6+,14-12+/t17-,19?,20?/m0/s1. The predicted octanol–water partition coefficient (Wildman–Crippen LogP) is 4.45. The summed E-state index contributed by atoms with van der Waals surface area (Å²) in [5.74, 6) is -1.92. The Bertz CT molecular complexity index is 659. The fraction of sp³-hybridized carbons (Fsp3) is 0.650. The maximum atomic E-state index is 12.1. The minimum atomic E-state index is -1.48. The summed E-state index contributed by atoms with van der Waals surface area (Å²) in [6, 6.07) is 0. The third kappa shape index (κ3) is 3.59. The van der Waals surface area contributed by atoms with Gasteiger partial charge in [0.25, 0.3) is 5.79 Å². The van der Waals surface area contributed by atoms with Gasteiger partial charge < -0.3 is 9.47 Å². The molecule has 1 saturated heterocycles. The zero-order valence-electron chi connectivity index (χ0n) is 15.6. The monoisotopic (exact) mass is 348 g/mol. The van der Waals surface area contributed by atoms with Crippen LogP contribution in [0.15, 0.2) is 34.4 Å². The van der Waals surface area contributed by atoms with Gasteiger partial charge in [-0.2, -0.15) is 4.89 Å². The molecule has 0 aromatic rings. The van der Waals surface area contributed by atoms with Gasteiger partial charge in [-0.25, -0.2) is 10.1 Å². The number of hydrogen-bond donors (Lipinski definition) is 1. The molecular weight excluding hydrogens is 320 g/mol. The highest BCUT2D eigenvalue weighted by Crippen LogP contribution is 2.45. The van der Waals surface area contributed by atoms with Crippen molar-refractivity contribution >= 4 is 5.97 Å². The van der Waals surface area contributed by atoms with E-state index < -0.39 is 11.8 Å². The van der Waals surface area contributed by atoms with E-state index in [4.69, 9.17) is 14.4 Å². The third-order valence-electron chi connectivity index (χ3n) is 5.73. The first kappa shape index (κ1) is 18.4. The number of esters is 1. The molecule has 25 heavy (non-hydrogen) atoms. The smallest absolute Gasteiger partial charge is 0.337 e. The molecule has 0 aromatic carbocycles. The fourth-order valence-corrected chi connectivity index (χ4v) is 3.90. The van der Waals surface area contributed by atoms with Crippen LogP contribution in [0.5, 0.6) is 0 Å². The molecule has 0 aromatic heterocycles. The number of hydrogen-bond acceptors (Lipinski definition) is 5. The lowest BCUT2D eigenvalue weighted by Crippen LogP contribution is -2.33. The second kappa shape index (κ2) is 6.71. The van der Waals surface area contributed by atoms with Gasteiger partial charge in [0, 0.05) is 11.1 Å². The van der Waals surface area contributed by atoms with E-state index in [1.54, 1.807) is 13.0 Å². The molecule has 0 amide bonds. The number of carbonyl (C=O) groups excluding carboxylic acids is 1. The largest absolute Gasteiger partial charge is 0.419 e. The number of epoxide rings is 1. The lowest BCUT2D eigenvalue weighted by Gasteiger charge is -2.25. The van der Waals surface area contributed by atoms with E-state index in [9.17, 15) is 10.1 Å². The summed E-state index contributed by atoms with van der Waals surface area (Å²) in [4.78, 5) is 16.8. The molecule has 0 radical (unpaired) electrons. The summed E-state index contributed by atoms with van der Waals surface area (Å²) in [6.45, 7) is 7.96. The van der Waals surface area contributed by atoms with Gasteiger partial charge in [-0.1, -0.05) is 17.2 Å². The fourth-order valence-electron chi connectivity index (χ4n) is 3.90. The average molecular weight is 348 g/mol. The van der Waals surface area contributed by atoms with Gasteiger partial charge in [-0.05, 0) is 72.3 Å². The minimum Gasteiger partial charge on any atom is -0.419 e. The number of allylic oxidation sites excluding steroid dienone is 3. The zero-order chi connectivity index (χ0) is 18.2. The summed E-state index contributed by atoms with van der Waals surface area (Å²) in [5, 5.41) is 9.58. The van der Waals surface area contributed by atoms with E-state index in [0.717, 1.165) is 37.7 Å². The molecule has 2 aliphatic heterocycles. The lowest BCUT2D eigenvalue weighted by atomic mass is 9.91. The van der Waals surface area contributed by atoms with Gasteiger partial charge in [0.2, 0.25) is 0 Å². The minimum absolute atomic E-state index is 0.0200. The van der Waals surface area contributed by atoms with E-state index in [-0.39, 0.29) is 11.7 Å². The van der Waals surface area contributed by atoms with Crippen LogP contribution >= 0.6 is 0 Å². The molecule has 1 fully saturated rings. The van der Waals surface area contributed by atoms with Crippen LogP contribution in [0.2, 0.25) is 0 Å². The second-order valence-electron chi connectivity index (χ2n) is 7.79. The van der Waals surface area contributed by atoms with Gasteiger partial charge in [0.15, 0.2) is 0 Å². The zero-order valence-corrected chi connectivity index (χ0v) is 15.6. The van der Waals surface area contributed by atoms with E-state index in [2.05, 4.69) is 19.9 Å². The van der Waals surface area contributed by atoms with E-state index in [0.29, 0.717) is 17.6 Å². The first-order chi connectivity index (χ1) is 11.8. The molecule has 1 aliphatic carbocycles. The normalized spacial score (nSPS) is 40.8. The topological polar surface area (TPSA) is 68.3 Å². The van der Waals surface area contributed by atoms with Crippen LogP contribution in [0.1, 0.15) is 66.2 Å². The van der Waals surface area contributed by atoms with Crippen molar-refractivity contribution in [3.63, 3.8) is 0 Å². The quantitative estimate of drug-likeness (QED) is 0.249. The van der Waals surface area contributed by atoms with Gasteiger partial charge in [-0.3, -0.25) is 0 Å². The molecule has 3 atom stereocenters. The second-order valence-corrected chi connectivity index (χ2v) is 7.79. The molecule has 0 saturated carbocycles. The van der Waals surface area contributed by atoms with Gasteiger partial charge in [0.05, 0.1) is 11.7 Å². The summed E-state index contributed by atoms with van der Waals surface area (Å²) < 4.78 is 11.3. The average Bonchev–Trinajstić information content (AvgIpc) is 3.14. The van der Waals surface area contributed by atoms with Crippen molar-refractivity contribution in [1.82, 2.24) is 0 Å². The van der Waals surface area contributed by atoms with Crippen molar-refractivity contribution in [3.8, 4) is 0 Å². The van der Waals surface area contributed by atoms with Crippen LogP contribution in [-0.4, -0.2) is 28.7 Å². The Morgan fingerprint density at radius 1 is 1.20 bits per heavy atom. The van der Waals surface area contributed by atoms with E-state index in [1.807, 2.05) is 6.92 Å². The first-order valence-corrected chi connectivity index (χ1v) is 9.07. The molecule has 5 heteroatoms. The molecule has 0 bridgehead atoms. The van der Waals surface area contributed by atoms with Crippen LogP contribution in [-0.2, 0) is 19.2 Å². The van der Waals surface area contributed by atoms with E-state index >= 15 is 0 Å². The third-order valence-corrected chi connectivity index (χ3v) is 5.73. The van der Waals surface area contributed by atoms with Crippen molar-refractivity contribution in [1.29, 1.82) is 0 Å². The first-order valence-electron chi connectivity index (χ1n) is 9.07. The maximum Gasteiger partial charge on any atom is 0.337 e. The Morgan fingerprint density at radius 3 is 2.68 bits per heavy atom. The Morgan fingerprint density at radius 2 is 1.96 bits per heavy atom. The molecule has 3 rings (SSSR count). The summed E-state index contributed by atoms with van der Waals surface area (Å²) in [5.41, 5.74) is 3.47. The summed E-state index contributed by atoms with van der Waals surface area (Å²) >= 11 is 0. The number of rotatable bonds is 1. The van der Waals surface area contributed by atoms with Gasteiger partial charge in [0.1, 0.15) is 0 Å². The van der Waals surface area contributed by atoms with Crippen LogP contribution in [0.25, 0.3) is 0 Å². The maximum absolute atomic E-state index is 12.1. The molecule has 2 unspecified atom stereocenters.